The number of halogens is 2. The molecule has 0 N–H and O–H groups in total. The molecule has 5 rings (SSSR count). The molecule has 38 heavy (non-hydrogen) atoms. The summed E-state index contributed by atoms with van der Waals surface area (Å²) >= 11 is 9.86. The van der Waals surface area contributed by atoms with E-state index in [1.807, 2.05) is 36.4 Å². The summed E-state index contributed by atoms with van der Waals surface area (Å²) in [6.45, 7) is 14.9. The van der Waals surface area contributed by atoms with Crippen LogP contribution in [0, 0.1) is 0 Å². The van der Waals surface area contributed by atoms with E-state index in [1.54, 1.807) is 0 Å². The Hall–Kier alpha value is -2.31. The summed E-state index contributed by atoms with van der Waals surface area (Å²) < 4.78 is 21.0. The Morgan fingerprint density at radius 2 is 1.16 bits per heavy atom. The van der Waals surface area contributed by atoms with Gasteiger partial charge in [0.2, 0.25) is 0 Å². The molecule has 0 atom stereocenters. The van der Waals surface area contributed by atoms with Gasteiger partial charge in [-0.3, -0.25) is 0 Å². The van der Waals surface area contributed by atoms with Gasteiger partial charge >= 0.3 is 7.12 Å². The SMILES string of the molecule is CC(C)(C)c1ccc(-c2oc(-c3ccc(Br)cc3)c(B3OC(C)(C)C(C)(C)O3)c2-c2ccc(Cl)cc2)cc1. The smallest absolute Gasteiger partial charge is 0.456 e. The van der Waals surface area contributed by atoms with E-state index in [9.17, 15) is 0 Å². The van der Waals surface area contributed by atoms with Crippen LogP contribution in [-0.2, 0) is 14.7 Å². The second-order valence-electron chi connectivity index (χ2n) is 12.0. The Bertz CT molecular complexity index is 1430. The highest BCUT2D eigenvalue weighted by molar-refractivity contribution is 9.10. The molecule has 1 fully saturated rings. The van der Waals surface area contributed by atoms with Crippen molar-refractivity contribution in [3.8, 4) is 33.8 Å². The first-order valence-corrected chi connectivity index (χ1v) is 14.1. The molecule has 0 saturated carbocycles. The average Bonchev–Trinajstić information content (AvgIpc) is 3.34. The standard InChI is InChI=1S/C32H33BBrClO3/c1-30(2,3)23-14-8-21(9-15-23)28-26(20-12-18-25(35)19-13-20)27(33-37-31(4,5)32(6,7)38-33)29(36-28)22-10-16-24(34)17-11-22/h8-19H,1-7H3. The van der Waals surface area contributed by atoms with E-state index in [1.165, 1.54) is 5.56 Å². The van der Waals surface area contributed by atoms with Crippen molar-refractivity contribution in [2.45, 2.75) is 65.1 Å². The monoisotopic (exact) mass is 590 g/mol. The second-order valence-corrected chi connectivity index (χ2v) is 13.3. The molecule has 3 nitrogen and oxygen atoms in total. The van der Waals surface area contributed by atoms with Crippen molar-refractivity contribution in [2.75, 3.05) is 0 Å². The van der Waals surface area contributed by atoms with Crippen LogP contribution in [0.4, 0.5) is 0 Å². The van der Waals surface area contributed by atoms with Crippen molar-refractivity contribution in [1.29, 1.82) is 0 Å². The van der Waals surface area contributed by atoms with E-state index in [0.717, 1.165) is 43.7 Å². The van der Waals surface area contributed by atoms with E-state index in [-0.39, 0.29) is 5.41 Å². The van der Waals surface area contributed by atoms with E-state index >= 15 is 0 Å². The van der Waals surface area contributed by atoms with Crippen LogP contribution in [0.25, 0.3) is 33.8 Å². The Labute approximate surface area is 239 Å². The summed E-state index contributed by atoms with van der Waals surface area (Å²) in [5.74, 6) is 1.51. The molecule has 1 aliphatic heterocycles. The zero-order valence-electron chi connectivity index (χ0n) is 23.0. The van der Waals surface area contributed by atoms with Gasteiger partial charge in [0.25, 0.3) is 0 Å². The fourth-order valence-corrected chi connectivity index (χ4v) is 5.06. The van der Waals surface area contributed by atoms with Crippen molar-refractivity contribution in [3.05, 3.63) is 87.9 Å². The minimum atomic E-state index is -0.615. The largest absolute Gasteiger partial charge is 0.499 e. The molecule has 6 heteroatoms. The van der Waals surface area contributed by atoms with Gasteiger partial charge in [0.05, 0.1) is 11.2 Å². The molecule has 0 unspecified atom stereocenters. The average molecular weight is 592 g/mol. The first kappa shape index (κ1) is 27.3. The van der Waals surface area contributed by atoms with Crippen LogP contribution in [0.2, 0.25) is 5.02 Å². The number of hydrogen-bond donors (Lipinski definition) is 0. The predicted octanol–water partition coefficient (Wildman–Crippen LogP) is 9.29. The van der Waals surface area contributed by atoms with Crippen LogP contribution in [0.15, 0.2) is 81.7 Å². The summed E-state index contributed by atoms with van der Waals surface area (Å²) in [5.41, 5.74) is 5.06. The molecule has 0 radical (unpaired) electrons. The first-order chi connectivity index (χ1) is 17.8. The lowest BCUT2D eigenvalue weighted by Crippen LogP contribution is -2.41. The number of rotatable bonds is 4. The molecule has 0 aliphatic carbocycles. The zero-order chi connectivity index (χ0) is 27.5. The summed E-state index contributed by atoms with van der Waals surface area (Å²) in [4.78, 5) is 0. The van der Waals surface area contributed by atoms with Crippen molar-refractivity contribution >= 4 is 40.1 Å². The summed E-state index contributed by atoms with van der Waals surface area (Å²) in [6, 6.07) is 24.6. The van der Waals surface area contributed by atoms with Gasteiger partial charge in [-0.05, 0) is 68.5 Å². The second kappa shape index (κ2) is 9.71. The predicted molar refractivity (Wildman–Crippen MR) is 162 cm³/mol. The fourth-order valence-electron chi connectivity index (χ4n) is 4.67. The van der Waals surface area contributed by atoms with E-state index in [4.69, 9.17) is 25.3 Å². The maximum atomic E-state index is 6.81. The highest BCUT2D eigenvalue weighted by atomic mass is 79.9. The molecule has 1 saturated heterocycles. The van der Waals surface area contributed by atoms with Gasteiger partial charge in [0.15, 0.2) is 0 Å². The van der Waals surface area contributed by atoms with E-state index in [0.29, 0.717) is 5.02 Å². The van der Waals surface area contributed by atoms with Gasteiger partial charge in [0, 0.05) is 31.6 Å². The van der Waals surface area contributed by atoms with Crippen molar-refractivity contribution in [1.82, 2.24) is 0 Å². The maximum Gasteiger partial charge on any atom is 0.499 e. The van der Waals surface area contributed by atoms with Crippen molar-refractivity contribution in [3.63, 3.8) is 0 Å². The van der Waals surface area contributed by atoms with E-state index in [2.05, 4.69) is 101 Å². The lowest BCUT2D eigenvalue weighted by atomic mass is 9.73. The Kier molecular flexibility index (Phi) is 6.97. The normalized spacial score (nSPS) is 16.7. The van der Waals surface area contributed by atoms with Crippen molar-refractivity contribution < 1.29 is 13.7 Å². The number of benzene rings is 3. The third-order valence-corrected chi connectivity index (χ3v) is 8.47. The molecule has 1 aliphatic rings. The molecule has 1 aromatic heterocycles. The third kappa shape index (κ3) is 5.02. The van der Waals surface area contributed by atoms with Gasteiger partial charge in [-0.25, -0.2) is 0 Å². The van der Waals surface area contributed by atoms with Crippen LogP contribution in [0.5, 0.6) is 0 Å². The van der Waals surface area contributed by atoms with Gasteiger partial charge in [-0.2, -0.15) is 0 Å². The molecule has 0 spiro atoms. The minimum absolute atomic E-state index is 0.0527. The maximum absolute atomic E-state index is 6.81. The van der Waals surface area contributed by atoms with Gasteiger partial charge in [0.1, 0.15) is 11.5 Å². The fraction of sp³-hybridized carbons (Fsp3) is 0.312. The highest BCUT2D eigenvalue weighted by Crippen LogP contribution is 2.43. The van der Waals surface area contributed by atoms with Crippen LogP contribution < -0.4 is 5.46 Å². The van der Waals surface area contributed by atoms with Gasteiger partial charge < -0.3 is 13.7 Å². The minimum Gasteiger partial charge on any atom is -0.456 e. The van der Waals surface area contributed by atoms with Gasteiger partial charge in [-0.15, -0.1) is 0 Å². The van der Waals surface area contributed by atoms with Gasteiger partial charge in [-0.1, -0.05) is 96.8 Å². The molecular weight excluding hydrogens is 559 g/mol. The quantitative estimate of drug-likeness (QED) is 0.222. The summed E-state index contributed by atoms with van der Waals surface area (Å²) in [5, 5.41) is 0.679. The lowest BCUT2D eigenvalue weighted by molar-refractivity contribution is 0.00578. The van der Waals surface area contributed by atoms with Crippen LogP contribution >= 0.6 is 27.5 Å². The van der Waals surface area contributed by atoms with E-state index < -0.39 is 18.3 Å². The topological polar surface area (TPSA) is 31.6 Å². The lowest BCUT2D eigenvalue weighted by Gasteiger charge is -2.32. The first-order valence-electron chi connectivity index (χ1n) is 12.9. The molecule has 0 amide bonds. The molecule has 196 valence electrons. The van der Waals surface area contributed by atoms with Crippen LogP contribution in [0.3, 0.4) is 0 Å². The highest BCUT2D eigenvalue weighted by Gasteiger charge is 2.54. The molecular formula is C32H33BBrClO3. The number of furan rings is 1. The molecule has 2 heterocycles. The Balaban J connectivity index is 1.79. The molecule has 4 aromatic rings. The van der Waals surface area contributed by atoms with Crippen LogP contribution in [0.1, 0.15) is 54.0 Å². The van der Waals surface area contributed by atoms with Crippen molar-refractivity contribution in [2.24, 2.45) is 0 Å². The van der Waals surface area contributed by atoms with Crippen LogP contribution in [-0.4, -0.2) is 18.3 Å². The molecule has 3 aromatic carbocycles. The third-order valence-electron chi connectivity index (χ3n) is 7.69. The molecule has 0 bridgehead atoms. The Morgan fingerprint density at radius 1 is 0.684 bits per heavy atom. The Morgan fingerprint density at radius 3 is 1.68 bits per heavy atom. The zero-order valence-corrected chi connectivity index (χ0v) is 25.3. The summed E-state index contributed by atoms with van der Waals surface area (Å²) in [7, 11) is -0.615. The number of hydrogen-bond acceptors (Lipinski definition) is 3. The summed E-state index contributed by atoms with van der Waals surface area (Å²) in [6.07, 6.45) is 0.